The summed E-state index contributed by atoms with van der Waals surface area (Å²) in [6.45, 7) is 5.74. The van der Waals surface area contributed by atoms with Gasteiger partial charge in [0.25, 0.3) is 0 Å². The number of carbonyl (C=O) groups is 1. The highest BCUT2D eigenvalue weighted by molar-refractivity contribution is 7.99. The van der Waals surface area contributed by atoms with Crippen molar-refractivity contribution < 1.29 is 4.79 Å². The van der Waals surface area contributed by atoms with Gasteiger partial charge in [0.1, 0.15) is 0 Å². The van der Waals surface area contributed by atoms with Crippen LogP contribution in [0.4, 0.5) is 0 Å². The Hall–Kier alpha value is -0.220. The molecule has 0 spiro atoms. The molecule has 0 aromatic heterocycles. The molecule has 2 saturated heterocycles. The van der Waals surface area contributed by atoms with Crippen molar-refractivity contribution in [2.24, 2.45) is 5.92 Å². The van der Waals surface area contributed by atoms with Crippen molar-refractivity contribution in [3.05, 3.63) is 0 Å². The van der Waals surface area contributed by atoms with Gasteiger partial charge in [-0.15, -0.1) is 0 Å². The Bertz CT molecular complexity index is 254. The fourth-order valence-corrected chi connectivity index (χ4v) is 3.42. The number of amides is 1. The Balaban J connectivity index is 1.77. The predicted octanol–water partition coefficient (Wildman–Crippen LogP) is 1.68. The van der Waals surface area contributed by atoms with Gasteiger partial charge < -0.3 is 9.80 Å². The molecule has 2 rings (SSSR count). The number of nitrogens with zero attached hydrogens (tertiary/aromatic N) is 2. The van der Waals surface area contributed by atoms with Crippen molar-refractivity contribution in [2.45, 2.75) is 25.7 Å². The van der Waals surface area contributed by atoms with Crippen LogP contribution in [0.5, 0.6) is 0 Å². The molecular formula is C13H24N2OS. The summed E-state index contributed by atoms with van der Waals surface area (Å²) >= 11 is 1.64. The molecule has 1 amide bonds. The van der Waals surface area contributed by atoms with Crippen molar-refractivity contribution in [1.29, 1.82) is 0 Å². The van der Waals surface area contributed by atoms with Crippen LogP contribution in [-0.4, -0.2) is 60.4 Å². The van der Waals surface area contributed by atoms with Crippen LogP contribution in [0.15, 0.2) is 0 Å². The molecular weight excluding hydrogens is 232 g/mol. The number of piperidine rings is 1. The molecule has 0 radical (unpaired) electrons. The topological polar surface area (TPSA) is 23.6 Å². The third kappa shape index (κ3) is 3.88. The number of hydrogen-bond acceptors (Lipinski definition) is 3. The van der Waals surface area contributed by atoms with E-state index in [1.165, 1.54) is 45.3 Å². The Morgan fingerprint density at radius 3 is 2.71 bits per heavy atom. The summed E-state index contributed by atoms with van der Waals surface area (Å²) in [4.78, 5) is 16.5. The highest BCUT2D eigenvalue weighted by Gasteiger charge is 2.25. The summed E-state index contributed by atoms with van der Waals surface area (Å²) in [5.41, 5.74) is 0. The van der Waals surface area contributed by atoms with E-state index in [9.17, 15) is 4.79 Å². The molecule has 17 heavy (non-hydrogen) atoms. The van der Waals surface area contributed by atoms with Crippen LogP contribution < -0.4 is 0 Å². The van der Waals surface area contributed by atoms with Crippen LogP contribution in [0.3, 0.4) is 0 Å². The van der Waals surface area contributed by atoms with Crippen LogP contribution in [-0.2, 0) is 4.79 Å². The van der Waals surface area contributed by atoms with Gasteiger partial charge >= 0.3 is 0 Å². The standard InChI is InChI=1S/C13H24N2OS/c1-17-11-13(16)15-8-4-5-12(10-15)9-14-6-2-3-7-14/h12H,2-11H2,1H3/t12-/m1/s1. The highest BCUT2D eigenvalue weighted by Crippen LogP contribution is 2.20. The molecule has 0 N–H and O–H groups in total. The second-order valence-corrected chi connectivity index (χ2v) is 6.15. The summed E-state index contributed by atoms with van der Waals surface area (Å²) < 4.78 is 0. The third-order valence-corrected chi connectivity index (χ3v) is 4.39. The quantitative estimate of drug-likeness (QED) is 0.765. The molecule has 1 atom stereocenters. The molecule has 0 saturated carbocycles. The number of carbonyl (C=O) groups excluding carboxylic acids is 1. The molecule has 0 aromatic rings. The largest absolute Gasteiger partial charge is 0.342 e. The van der Waals surface area contributed by atoms with Gasteiger partial charge in [-0.05, 0) is 50.9 Å². The maximum Gasteiger partial charge on any atom is 0.232 e. The Morgan fingerprint density at radius 2 is 2.00 bits per heavy atom. The van der Waals surface area contributed by atoms with Crippen LogP contribution >= 0.6 is 11.8 Å². The fourth-order valence-electron chi connectivity index (χ4n) is 2.99. The molecule has 0 aliphatic carbocycles. The fraction of sp³-hybridized carbons (Fsp3) is 0.923. The van der Waals surface area contributed by atoms with E-state index in [0.717, 1.165) is 13.1 Å². The smallest absolute Gasteiger partial charge is 0.232 e. The number of rotatable bonds is 4. The molecule has 2 aliphatic rings. The minimum atomic E-state index is 0.337. The summed E-state index contributed by atoms with van der Waals surface area (Å²) in [6, 6.07) is 0. The second kappa shape index (κ2) is 6.64. The summed E-state index contributed by atoms with van der Waals surface area (Å²) in [5, 5.41) is 0. The molecule has 0 bridgehead atoms. The first-order valence-corrected chi connectivity index (χ1v) is 8.18. The van der Waals surface area contributed by atoms with Crippen LogP contribution in [0.1, 0.15) is 25.7 Å². The molecule has 0 unspecified atom stereocenters. The first kappa shape index (κ1) is 13.2. The Kier molecular flexibility index (Phi) is 5.16. The molecule has 2 aliphatic heterocycles. The average molecular weight is 256 g/mol. The van der Waals surface area contributed by atoms with E-state index < -0.39 is 0 Å². The molecule has 3 nitrogen and oxygen atoms in total. The third-order valence-electron chi connectivity index (χ3n) is 3.85. The van der Waals surface area contributed by atoms with Crippen molar-refractivity contribution >= 4 is 17.7 Å². The van der Waals surface area contributed by atoms with Gasteiger partial charge in [0.15, 0.2) is 0 Å². The normalized spacial score (nSPS) is 26.4. The van der Waals surface area contributed by atoms with Crippen molar-refractivity contribution in [2.75, 3.05) is 44.7 Å². The summed E-state index contributed by atoms with van der Waals surface area (Å²) in [6.07, 6.45) is 7.23. The van der Waals surface area contributed by atoms with Crippen molar-refractivity contribution in [3.8, 4) is 0 Å². The van der Waals surface area contributed by atoms with Gasteiger partial charge in [-0.3, -0.25) is 4.79 Å². The van der Waals surface area contributed by atoms with E-state index in [4.69, 9.17) is 0 Å². The first-order chi connectivity index (χ1) is 8.29. The van der Waals surface area contributed by atoms with Crippen molar-refractivity contribution in [1.82, 2.24) is 9.80 Å². The SMILES string of the molecule is CSCC(=O)N1CCC[C@H](CN2CCCC2)C1. The highest BCUT2D eigenvalue weighted by atomic mass is 32.2. The molecule has 2 heterocycles. The van der Waals surface area contributed by atoms with E-state index in [-0.39, 0.29) is 0 Å². The molecule has 2 fully saturated rings. The number of thioether (sulfide) groups is 1. The lowest BCUT2D eigenvalue weighted by atomic mass is 9.97. The van der Waals surface area contributed by atoms with Gasteiger partial charge in [0.2, 0.25) is 5.91 Å². The summed E-state index contributed by atoms with van der Waals surface area (Å²) in [7, 11) is 0. The van der Waals surface area contributed by atoms with Crippen LogP contribution in [0.25, 0.3) is 0 Å². The van der Waals surface area contributed by atoms with Crippen LogP contribution in [0, 0.1) is 5.92 Å². The molecule has 4 heteroatoms. The zero-order valence-corrected chi connectivity index (χ0v) is 11.7. The summed E-state index contributed by atoms with van der Waals surface area (Å²) in [5.74, 6) is 1.70. The zero-order valence-electron chi connectivity index (χ0n) is 10.9. The number of hydrogen-bond donors (Lipinski definition) is 0. The maximum absolute atomic E-state index is 11.9. The predicted molar refractivity (Wildman–Crippen MR) is 73.4 cm³/mol. The van der Waals surface area contributed by atoms with Gasteiger partial charge in [-0.2, -0.15) is 11.8 Å². The second-order valence-electron chi connectivity index (χ2n) is 5.29. The van der Waals surface area contributed by atoms with Crippen molar-refractivity contribution in [3.63, 3.8) is 0 Å². The monoisotopic (exact) mass is 256 g/mol. The van der Waals surface area contributed by atoms with Gasteiger partial charge in [0.05, 0.1) is 5.75 Å². The Labute approximate surface area is 109 Å². The Morgan fingerprint density at radius 1 is 1.24 bits per heavy atom. The van der Waals surface area contributed by atoms with E-state index in [1.54, 1.807) is 11.8 Å². The average Bonchev–Trinajstić information content (AvgIpc) is 2.82. The first-order valence-electron chi connectivity index (χ1n) is 6.78. The molecule has 0 aromatic carbocycles. The molecule has 98 valence electrons. The number of likely N-dealkylation sites (tertiary alicyclic amines) is 2. The van der Waals surface area contributed by atoms with E-state index in [0.29, 0.717) is 17.6 Å². The van der Waals surface area contributed by atoms with Crippen LogP contribution in [0.2, 0.25) is 0 Å². The van der Waals surface area contributed by atoms with E-state index >= 15 is 0 Å². The van der Waals surface area contributed by atoms with Gasteiger partial charge in [-0.1, -0.05) is 0 Å². The maximum atomic E-state index is 11.9. The zero-order chi connectivity index (χ0) is 12.1. The van der Waals surface area contributed by atoms with Gasteiger partial charge in [-0.25, -0.2) is 0 Å². The minimum Gasteiger partial charge on any atom is -0.342 e. The van der Waals surface area contributed by atoms with E-state index in [1.807, 2.05) is 6.26 Å². The van der Waals surface area contributed by atoms with Gasteiger partial charge in [0, 0.05) is 19.6 Å². The lowest BCUT2D eigenvalue weighted by Crippen LogP contribution is -2.44. The lowest BCUT2D eigenvalue weighted by Gasteiger charge is -2.34. The lowest BCUT2D eigenvalue weighted by molar-refractivity contribution is -0.130. The minimum absolute atomic E-state index is 0.337. The van der Waals surface area contributed by atoms with E-state index in [2.05, 4.69) is 9.80 Å².